The minimum Gasteiger partial charge on any atom is -0.257 e. The summed E-state index contributed by atoms with van der Waals surface area (Å²) >= 11 is 13.4. The van der Waals surface area contributed by atoms with Gasteiger partial charge in [0.2, 0.25) is 0 Å². The minimum atomic E-state index is 0.682. The second kappa shape index (κ2) is 5.13. The fourth-order valence-corrected chi connectivity index (χ4v) is 2.52. The fraction of sp³-hybridized carbons (Fsp3) is 0.625. The maximum absolute atomic E-state index is 6.05. The lowest BCUT2D eigenvalue weighted by Crippen LogP contribution is -1.89. The van der Waals surface area contributed by atoms with Crippen LogP contribution in [0.5, 0.6) is 0 Å². The maximum Gasteiger partial charge on any atom is 0.131 e. The van der Waals surface area contributed by atoms with Crippen LogP contribution in [0.25, 0.3) is 0 Å². The Balaban J connectivity index is 2.64. The van der Waals surface area contributed by atoms with Crippen LogP contribution in [-0.4, -0.2) is 21.4 Å². The molecule has 0 saturated heterocycles. The number of halogens is 2. The number of aryl methyl sites for hydroxylation is 2. The first-order chi connectivity index (χ1) is 6.16. The molecule has 1 aromatic rings. The summed E-state index contributed by atoms with van der Waals surface area (Å²) in [5.41, 5.74) is 2.13. The van der Waals surface area contributed by atoms with Gasteiger partial charge in [-0.1, -0.05) is 11.6 Å². The number of alkyl halides is 1. The van der Waals surface area contributed by atoms with E-state index in [2.05, 4.69) is 5.10 Å². The van der Waals surface area contributed by atoms with Gasteiger partial charge in [0.25, 0.3) is 0 Å². The summed E-state index contributed by atoms with van der Waals surface area (Å²) < 4.78 is 1.70. The summed E-state index contributed by atoms with van der Waals surface area (Å²) in [6.07, 6.45) is 0. The van der Waals surface area contributed by atoms with Crippen molar-refractivity contribution in [3.05, 3.63) is 16.4 Å². The van der Waals surface area contributed by atoms with Crippen molar-refractivity contribution in [2.24, 2.45) is 7.05 Å². The molecular formula is C8H12Cl2N2S. The number of aromatic nitrogens is 2. The molecule has 0 radical (unpaired) electrons. The third kappa shape index (κ3) is 2.79. The van der Waals surface area contributed by atoms with Gasteiger partial charge in [0.15, 0.2) is 0 Å². The Kier molecular flexibility index (Phi) is 4.42. The highest BCUT2D eigenvalue weighted by molar-refractivity contribution is 7.98. The molecular weight excluding hydrogens is 227 g/mol. The van der Waals surface area contributed by atoms with Gasteiger partial charge in [0.05, 0.1) is 5.69 Å². The van der Waals surface area contributed by atoms with Crippen LogP contribution in [0.3, 0.4) is 0 Å². The van der Waals surface area contributed by atoms with Crippen LogP contribution >= 0.6 is 35.0 Å². The number of rotatable bonds is 4. The fourth-order valence-electron chi connectivity index (χ4n) is 1.07. The topological polar surface area (TPSA) is 17.8 Å². The smallest absolute Gasteiger partial charge is 0.131 e. The van der Waals surface area contributed by atoms with E-state index in [-0.39, 0.29) is 0 Å². The van der Waals surface area contributed by atoms with Crippen molar-refractivity contribution in [3.63, 3.8) is 0 Å². The van der Waals surface area contributed by atoms with E-state index >= 15 is 0 Å². The van der Waals surface area contributed by atoms with E-state index in [0.29, 0.717) is 5.88 Å². The lowest BCUT2D eigenvalue weighted by atomic mass is 10.3. The molecule has 0 spiro atoms. The highest BCUT2D eigenvalue weighted by Crippen LogP contribution is 2.23. The third-order valence-electron chi connectivity index (χ3n) is 1.74. The van der Waals surface area contributed by atoms with Crippen LogP contribution in [-0.2, 0) is 12.8 Å². The van der Waals surface area contributed by atoms with Crippen molar-refractivity contribution >= 4 is 35.0 Å². The molecule has 0 fully saturated rings. The van der Waals surface area contributed by atoms with E-state index in [9.17, 15) is 0 Å². The molecule has 1 heterocycles. The lowest BCUT2D eigenvalue weighted by molar-refractivity contribution is 0.757. The third-order valence-corrected chi connectivity index (χ3v) is 3.61. The largest absolute Gasteiger partial charge is 0.257 e. The average molecular weight is 239 g/mol. The molecule has 2 nitrogen and oxygen atoms in total. The SMILES string of the molecule is Cc1nn(C)c(Cl)c1CSCCCl. The average Bonchev–Trinajstić information content (AvgIpc) is 2.32. The van der Waals surface area contributed by atoms with Crippen LogP contribution in [0.2, 0.25) is 5.15 Å². The summed E-state index contributed by atoms with van der Waals surface area (Å²) in [5.74, 6) is 2.53. The van der Waals surface area contributed by atoms with Crippen molar-refractivity contribution in [2.75, 3.05) is 11.6 Å². The zero-order chi connectivity index (χ0) is 9.84. The van der Waals surface area contributed by atoms with Crippen LogP contribution in [0.15, 0.2) is 0 Å². The predicted octanol–water partition coefficient (Wildman–Crippen LogP) is 2.85. The molecule has 1 aromatic heterocycles. The Labute approximate surface area is 92.6 Å². The monoisotopic (exact) mass is 238 g/mol. The van der Waals surface area contributed by atoms with Gasteiger partial charge in [-0.05, 0) is 6.92 Å². The molecule has 0 amide bonds. The van der Waals surface area contributed by atoms with Crippen molar-refractivity contribution < 1.29 is 0 Å². The Hall–Kier alpha value is 0.140. The van der Waals surface area contributed by atoms with Crippen LogP contribution < -0.4 is 0 Å². The summed E-state index contributed by atoms with van der Waals surface area (Å²) in [7, 11) is 1.85. The van der Waals surface area contributed by atoms with Gasteiger partial charge in [-0.2, -0.15) is 16.9 Å². The van der Waals surface area contributed by atoms with E-state index in [0.717, 1.165) is 27.9 Å². The highest BCUT2D eigenvalue weighted by atomic mass is 35.5. The van der Waals surface area contributed by atoms with Gasteiger partial charge >= 0.3 is 0 Å². The zero-order valence-corrected chi connectivity index (χ0v) is 10.0. The molecule has 0 aliphatic rings. The first-order valence-electron chi connectivity index (χ1n) is 3.98. The predicted molar refractivity (Wildman–Crippen MR) is 59.8 cm³/mol. The minimum absolute atomic E-state index is 0.682. The van der Waals surface area contributed by atoms with Gasteiger partial charge in [-0.25, -0.2) is 0 Å². The van der Waals surface area contributed by atoms with E-state index in [1.54, 1.807) is 16.4 Å². The standard InChI is InChI=1S/C8H12Cl2N2S/c1-6-7(5-13-4-3-9)8(10)12(2)11-6/h3-5H2,1-2H3. The van der Waals surface area contributed by atoms with E-state index in [1.165, 1.54) is 0 Å². The Morgan fingerprint density at radius 1 is 1.54 bits per heavy atom. The Bertz CT molecular complexity index is 286. The number of hydrogen-bond donors (Lipinski definition) is 0. The molecule has 1 rings (SSSR count). The van der Waals surface area contributed by atoms with Crippen molar-refractivity contribution in [1.29, 1.82) is 0 Å². The second-order valence-electron chi connectivity index (χ2n) is 2.72. The zero-order valence-electron chi connectivity index (χ0n) is 7.68. The van der Waals surface area contributed by atoms with Gasteiger partial charge in [0.1, 0.15) is 5.15 Å². The van der Waals surface area contributed by atoms with Gasteiger partial charge in [-0.15, -0.1) is 11.6 Å². The summed E-state index contributed by atoms with van der Waals surface area (Å²) in [6.45, 7) is 1.97. The Morgan fingerprint density at radius 3 is 2.69 bits per heavy atom. The number of thioether (sulfide) groups is 1. The van der Waals surface area contributed by atoms with Crippen molar-refractivity contribution in [1.82, 2.24) is 9.78 Å². The molecule has 0 N–H and O–H groups in total. The molecule has 0 aliphatic heterocycles. The van der Waals surface area contributed by atoms with Crippen LogP contribution in [0.1, 0.15) is 11.3 Å². The van der Waals surface area contributed by atoms with Gasteiger partial charge < -0.3 is 0 Å². The van der Waals surface area contributed by atoms with E-state index in [1.807, 2.05) is 14.0 Å². The molecule has 5 heteroatoms. The van der Waals surface area contributed by atoms with Crippen LogP contribution in [0.4, 0.5) is 0 Å². The first-order valence-corrected chi connectivity index (χ1v) is 6.05. The molecule has 0 bridgehead atoms. The molecule has 13 heavy (non-hydrogen) atoms. The Morgan fingerprint density at radius 2 is 2.23 bits per heavy atom. The van der Waals surface area contributed by atoms with Gasteiger partial charge in [-0.3, -0.25) is 4.68 Å². The molecule has 0 unspecified atom stereocenters. The maximum atomic E-state index is 6.05. The first kappa shape index (κ1) is 11.2. The molecule has 74 valence electrons. The highest BCUT2D eigenvalue weighted by Gasteiger charge is 2.10. The summed E-state index contributed by atoms with van der Waals surface area (Å²) in [4.78, 5) is 0. The summed E-state index contributed by atoms with van der Waals surface area (Å²) in [5, 5.41) is 4.96. The molecule has 0 aromatic carbocycles. The normalized spacial score (nSPS) is 10.8. The number of nitrogens with zero attached hydrogens (tertiary/aromatic N) is 2. The van der Waals surface area contributed by atoms with Crippen LogP contribution in [0, 0.1) is 6.92 Å². The molecule has 0 aliphatic carbocycles. The van der Waals surface area contributed by atoms with Gasteiger partial charge in [0, 0.05) is 30.0 Å². The second-order valence-corrected chi connectivity index (χ2v) is 4.56. The number of hydrogen-bond acceptors (Lipinski definition) is 2. The van der Waals surface area contributed by atoms with Crippen molar-refractivity contribution in [2.45, 2.75) is 12.7 Å². The lowest BCUT2D eigenvalue weighted by Gasteiger charge is -1.98. The quantitative estimate of drug-likeness (QED) is 0.594. The van der Waals surface area contributed by atoms with E-state index in [4.69, 9.17) is 23.2 Å². The van der Waals surface area contributed by atoms with Crippen molar-refractivity contribution in [3.8, 4) is 0 Å². The summed E-state index contributed by atoms with van der Waals surface area (Å²) in [6, 6.07) is 0. The molecule has 0 atom stereocenters. The molecule has 0 saturated carbocycles. The van der Waals surface area contributed by atoms with E-state index < -0.39 is 0 Å².